The van der Waals surface area contributed by atoms with Gasteiger partial charge in [0.1, 0.15) is 11.5 Å². The molecule has 0 aliphatic carbocycles. The molecule has 0 saturated carbocycles. The molecule has 1 unspecified atom stereocenters. The molecule has 0 aromatic heterocycles. The largest absolute Gasteiger partial charge is 0.508 e. The molecule has 1 atom stereocenters. The highest BCUT2D eigenvalue weighted by Crippen LogP contribution is 2.24. The summed E-state index contributed by atoms with van der Waals surface area (Å²) in [5, 5.41) is 12.1. The van der Waals surface area contributed by atoms with Crippen molar-refractivity contribution in [2.75, 3.05) is 5.32 Å². The summed E-state index contributed by atoms with van der Waals surface area (Å²) in [6.45, 7) is 8.13. The zero-order valence-corrected chi connectivity index (χ0v) is 14.0. The Morgan fingerprint density at radius 1 is 1.13 bits per heavy atom. The first kappa shape index (κ1) is 16.9. The standard InChI is InChI=1S/C19H23NO3/c1-13(18(22)20-15-6-5-7-16(21)12-15)23-17-10-8-14(9-11-17)19(2,3)4/h5-13,21H,1-4H3,(H,20,22). The quantitative estimate of drug-likeness (QED) is 0.893. The third-order valence-electron chi connectivity index (χ3n) is 3.52. The second kappa shape index (κ2) is 6.73. The van der Waals surface area contributed by atoms with Gasteiger partial charge in [-0.05, 0) is 42.2 Å². The Kier molecular flexibility index (Phi) is 4.94. The molecule has 122 valence electrons. The number of phenolic OH excluding ortho intramolecular Hbond substituents is 1. The predicted molar refractivity (Wildman–Crippen MR) is 92.0 cm³/mol. The maximum atomic E-state index is 12.1. The van der Waals surface area contributed by atoms with Gasteiger partial charge in [-0.2, -0.15) is 0 Å². The summed E-state index contributed by atoms with van der Waals surface area (Å²) in [7, 11) is 0. The molecule has 0 radical (unpaired) electrons. The molecule has 1 amide bonds. The number of aromatic hydroxyl groups is 1. The van der Waals surface area contributed by atoms with Crippen molar-refractivity contribution in [2.24, 2.45) is 0 Å². The molecule has 0 bridgehead atoms. The van der Waals surface area contributed by atoms with Crippen LogP contribution < -0.4 is 10.1 Å². The zero-order valence-electron chi connectivity index (χ0n) is 14.0. The molecule has 0 aliphatic heterocycles. The minimum absolute atomic E-state index is 0.0802. The molecule has 4 nitrogen and oxygen atoms in total. The molecule has 2 rings (SSSR count). The van der Waals surface area contributed by atoms with Gasteiger partial charge in [0.2, 0.25) is 0 Å². The van der Waals surface area contributed by atoms with Crippen LogP contribution in [0.4, 0.5) is 5.69 Å². The molecular weight excluding hydrogens is 290 g/mol. The number of carbonyl (C=O) groups is 1. The van der Waals surface area contributed by atoms with E-state index in [9.17, 15) is 9.90 Å². The Labute approximate surface area is 137 Å². The third-order valence-corrected chi connectivity index (χ3v) is 3.52. The highest BCUT2D eigenvalue weighted by atomic mass is 16.5. The zero-order chi connectivity index (χ0) is 17.0. The number of ether oxygens (including phenoxy) is 1. The molecule has 2 aromatic carbocycles. The Balaban J connectivity index is 1.98. The summed E-state index contributed by atoms with van der Waals surface area (Å²) in [4.78, 5) is 12.1. The van der Waals surface area contributed by atoms with Crippen LogP contribution in [0.25, 0.3) is 0 Å². The lowest BCUT2D eigenvalue weighted by molar-refractivity contribution is -0.122. The Hall–Kier alpha value is -2.49. The number of nitrogens with one attached hydrogen (secondary N) is 1. The van der Waals surface area contributed by atoms with Gasteiger partial charge in [0.25, 0.3) is 5.91 Å². The Bertz CT molecular complexity index is 672. The fourth-order valence-corrected chi connectivity index (χ4v) is 2.12. The average molecular weight is 313 g/mol. The van der Waals surface area contributed by atoms with E-state index >= 15 is 0 Å². The van der Waals surface area contributed by atoms with Crippen molar-refractivity contribution in [3.63, 3.8) is 0 Å². The van der Waals surface area contributed by atoms with E-state index in [1.807, 2.05) is 24.3 Å². The minimum Gasteiger partial charge on any atom is -0.508 e. The number of benzene rings is 2. The SMILES string of the molecule is CC(Oc1ccc(C(C)(C)C)cc1)C(=O)Nc1cccc(O)c1. The van der Waals surface area contributed by atoms with Gasteiger partial charge in [-0.3, -0.25) is 4.79 Å². The fourth-order valence-electron chi connectivity index (χ4n) is 2.12. The van der Waals surface area contributed by atoms with Crippen LogP contribution in [0.3, 0.4) is 0 Å². The second-order valence-corrected chi connectivity index (χ2v) is 6.57. The average Bonchev–Trinajstić information content (AvgIpc) is 2.46. The lowest BCUT2D eigenvalue weighted by Gasteiger charge is -2.20. The van der Waals surface area contributed by atoms with Gasteiger partial charge in [0, 0.05) is 11.8 Å². The van der Waals surface area contributed by atoms with E-state index < -0.39 is 6.10 Å². The van der Waals surface area contributed by atoms with E-state index in [1.165, 1.54) is 11.6 Å². The number of rotatable bonds is 4. The van der Waals surface area contributed by atoms with Gasteiger partial charge < -0.3 is 15.2 Å². The number of amides is 1. The van der Waals surface area contributed by atoms with Gasteiger partial charge in [-0.15, -0.1) is 0 Å². The van der Waals surface area contributed by atoms with Gasteiger partial charge in [-0.25, -0.2) is 0 Å². The summed E-state index contributed by atoms with van der Waals surface area (Å²) >= 11 is 0. The smallest absolute Gasteiger partial charge is 0.265 e. The summed E-state index contributed by atoms with van der Waals surface area (Å²) in [6, 6.07) is 14.2. The number of hydrogen-bond acceptors (Lipinski definition) is 3. The van der Waals surface area contributed by atoms with E-state index in [0.29, 0.717) is 11.4 Å². The van der Waals surface area contributed by atoms with Gasteiger partial charge in [-0.1, -0.05) is 39.0 Å². The molecule has 2 N–H and O–H groups in total. The third kappa shape index (κ3) is 4.74. The summed E-state index contributed by atoms with van der Waals surface area (Å²) in [6.07, 6.45) is -0.641. The van der Waals surface area contributed by atoms with Crippen LogP contribution in [0.5, 0.6) is 11.5 Å². The molecule has 0 fully saturated rings. The second-order valence-electron chi connectivity index (χ2n) is 6.57. The summed E-state index contributed by atoms with van der Waals surface area (Å²) < 4.78 is 5.67. The van der Waals surface area contributed by atoms with Gasteiger partial charge in [0.15, 0.2) is 6.10 Å². The summed E-state index contributed by atoms with van der Waals surface area (Å²) in [5.41, 5.74) is 1.83. The first-order valence-electron chi connectivity index (χ1n) is 7.63. The number of hydrogen-bond donors (Lipinski definition) is 2. The van der Waals surface area contributed by atoms with Crippen molar-refractivity contribution < 1.29 is 14.6 Å². The monoisotopic (exact) mass is 313 g/mol. The first-order valence-corrected chi connectivity index (χ1v) is 7.63. The number of phenols is 1. The van der Waals surface area contributed by atoms with Crippen LogP contribution >= 0.6 is 0 Å². The molecule has 4 heteroatoms. The van der Waals surface area contributed by atoms with Crippen molar-refractivity contribution in [1.82, 2.24) is 0 Å². The van der Waals surface area contributed by atoms with Crippen LogP contribution in [0.1, 0.15) is 33.3 Å². The maximum absolute atomic E-state index is 12.1. The van der Waals surface area contributed by atoms with E-state index in [1.54, 1.807) is 25.1 Å². The molecule has 0 heterocycles. The van der Waals surface area contributed by atoms with Crippen LogP contribution in [0.2, 0.25) is 0 Å². The van der Waals surface area contributed by atoms with E-state index in [2.05, 4.69) is 26.1 Å². The first-order chi connectivity index (χ1) is 10.8. The van der Waals surface area contributed by atoms with Crippen LogP contribution in [-0.4, -0.2) is 17.1 Å². The minimum atomic E-state index is -0.641. The summed E-state index contributed by atoms with van der Waals surface area (Å²) in [5.74, 6) is 0.487. The highest BCUT2D eigenvalue weighted by molar-refractivity contribution is 5.94. The highest BCUT2D eigenvalue weighted by Gasteiger charge is 2.16. The maximum Gasteiger partial charge on any atom is 0.265 e. The normalized spacial score (nSPS) is 12.5. The van der Waals surface area contributed by atoms with Crippen molar-refractivity contribution in [1.29, 1.82) is 0 Å². The lowest BCUT2D eigenvalue weighted by atomic mass is 9.87. The van der Waals surface area contributed by atoms with Crippen LogP contribution in [-0.2, 0) is 10.2 Å². The van der Waals surface area contributed by atoms with Crippen LogP contribution in [0, 0.1) is 0 Å². The predicted octanol–water partition coefficient (Wildman–Crippen LogP) is 4.10. The van der Waals surface area contributed by atoms with Crippen molar-refractivity contribution in [2.45, 2.75) is 39.2 Å². The number of anilines is 1. The van der Waals surface area contributed by atoms with Crippen molar-refractivity contribution in [3.05, 3.63) is 54.1 Å². The van der Waals surface area contributed by atoms with E-state index in [-0.39, 0.29) is 17.1 Å². The number of carbonyl (C=O) groups excluding carboxylic acids is 1. The fraction of sp³-hybridized carbons (Fsp3) is 0.316. The van der Waals surface area contributed by atoms with Gasteiger partial charge in [0.05, 0.1) is 0 Å². The molecule has 0 aliphatic rings. The molecule has 0 saturated heterocycles. The van der Waals surface area contributed by atoms with Crippen molar-refractivity contribution in [3.8, 4) is 11.5 Å². The molecular formula is C19H23NO3. The van der Waals surface area contributed by atoms with E-state index in [4.69, 9.17) is 4.74 Å². The lowest BCUT2D eigenvalue weighted by Crippen LogP contribution is -2.30. The molecule has 2 aromatic rings. The molecule has 23 heavy (non-hydrogen) atoms. The molecule has 0 spiro atoms. The topological polar surface area (TPSA) is 58.6 Å². The van der Waals surface area contributed by atoms with Gasteiger partial charge >= 0.3 is 0 Å². The Morgan fingerprint density at radius 2 is 1.78 bits per heavy atom. The van der Waals surface area contributed by atoms with Crippen LogP contribution in [0.15, 0.2) is 48.5 Å². The van der Waals surface area contributed by atoms with Crippen molar-refractivity contribution >= 4 is 11.6 Å². The van der Waals surface area contributed by atoms with E-state index in [0.717, 1.165) is 0 Å². The Morgan fingerprint density at radius 3 is 2.35 bits per heavy atom.